The first-order valence-electron chi connectivity index (χ1n) is 7.38. The molecule has 0 spiro atoms. The summed E-state index contributed by atoms with van der Waals surface area (Å²) in [7, 11) is 1.64. The van der Waals surface area contributed by atoms with Gasteiger partial charge in [-0.2, -0.15) is 0 Å². The zero-order chi connectivity index (χ0) is 16.6. The number of hydrogen-bond acceptors (Lipinski definition) is 2. The molecule has 2 aromatic carbocycles. The molecule has 4 nitrogen and oxygen atoms in total. The number of carbonyl (C=O) groups is 2. The average Bonchev–Trinajstić information content (AvgIpc) is 2.78. The van der Waals surface area contributed by atoms with E-state index < -0.39 is 6.04 Å². The summed E-state index contributed by atoms with van der Waals surface area (Å²) in [5.74, 6) is -0.337. The van der Waals surface area contributed by atoms with Crippen molar-refractivity contribution < 1.29 is 9.59 Å². The number of likely N-dealkylation sites (N-methyl/N-ethyl adjacent to an activating group) is 1. The molecule has 0 saturated heterocycles. The van der Waals surface area contributed by atoms with Gasteiger partial charge in [-0.25, -0.2) is 0 Å². The Hall–Kier alpha value is -2.33. The summed E-state index contributed by atoms with van der Waals surface area (Å²) in [4.78, 5) is 26.2. The first kappa shape index (κ1) is 15.6. The van der Waals surface area contributed by atoms with E-state index in [9.17, 15) is 9.59 Å². The van der Waals surface area contributed by atoms with E-state index in [-0.39, 0.29) is 11.8 Å². The first-order chi connectivity index (χ1) is 11.0. The fourth-order valence-electron chi connectivity index (χ4n) is 2.84. The minimum absolute atomic E-state index is 0.130. The number of amides is 2. The van der Waals surface area contributed by atoms with Crippen LogP contribution < -0.4 is 5.32 Å². The number of nitrogens with zero attached hydrogens (tertiary/aromatic N) is 1. The van der Waals surface area contributed by atoms with Crippen molar-refractivity contribution in [3.05, 3.63) is 69.7 Å². The van der Waals surface area contributed by atoms with Gasteiger partial charge in [0.2, 0.25) is 5.91 Å². The van der Waals surface area contributed by atoms with Crippen molar-refractivity contribution in [2.45, 2.75) is 19.5 Å². The highest BCUT2D eigenvalue weighted by Gasteiger charge is 2.38. The molecule has 0 aliphatic carbocycles. The third kappa shape index (κ3) is 2.82. The van der Waals surface area contributed by atoms with Crippen LogP contribution in [0.2, 0.25) is 5.02 Å². The Bertz CT molecular complexity index is 788. The molecule has 5 heteroatoms. The number of hydrogen-bond donors (Lipinski definition) is 1. The Morgan fingerprint density at radius 1 is 1.26 bits per heavy atom. The van der Waals surface area contributed by atoms with Gasteiger partial charge in [0.25, 0.3) is 5.91 Å². The Labute approximate surface area is 140 Å². The summed E-state index contributed by atoms with van der Waals surface area (Å²) >= 11 is 6.19. The van der Waals surface area contributed by atoms with Crippen molar-refractivity contribution in [1.82, 2.24) is 10.2 Å². The van der Waals surface area contributed by atoms with E-state index in [2.05, 4.69) is 5.32 Å². The lowest BCUT2D eigenvalue weighted by molar-refractivity contribution is -0.125. The van der Waals surface area contributed by atoms with Crippen molar-refractivity contribution in [2.24, 2.45) is 0 Å². The van der Waals surface area contributed by atoms with Gasteiger partial charge >= 0.3 is 0 Å². The second-order valence-electron chi connectivity index (χ2n) is 5.72. The molecule has 0 radical (unpaired) electrons. The average molecular weight is 329 g/mol. The normalized spacial score (nSPS) is 16.4. The standard InChI is InChI=1S/C18H17ClN2O2/c1-11-7-8-12(15(19)9-11)10-20-17(22)16-13-5-3-4-6-14(13)18(23)21(16)2/h3-9,16H,10H2,1-2H3,(H,20,22). The van der Waals surface area contributed by atoms with E-state index in [4.69, 9.17) is 11.6 Å². The number of rotatable bonds is 3. The molecule has 118 valence electrons. The van der Waals surface area contributed by atoms with Crippen LogP contribution in [0.4, 0.5) is 0 Å². The Morgan fingerprint density at radius 2 is 2.00 bits per heavy atom. The number of halogens is 1. The third-order valence-corrected chi connectivity index (χ3v) is 4.46. The molecule has 2 amide bonds. The van der Waals surface area contributed by atoms with Crippen molar-refractivity contribution in [3.63, 3.8) is 0 Å². The molecule has 1 aliphatic rings. The van der Waals surface area contributed by atoms with Crippen LogP contribution in [0.25, 0.3) is 0 Å². The van der Waals surface area contributed by atoms with Gasteiger partial charge in [0.1, 0.15) is 6.04 Å². The van der Waals surface area contributed by atoms with Crippen LogP contribution in [0.1, 0.15) is 33.1 Å². The predicted octanol–water partition coefficient (Wildman–Crippen LogP) is 3.09. The van der Waals surface area contributed by atoms with Crippen molar-refractivity contribution in [3.8, 4) is 0 Å². The number of carbonyl (C=O) groups excluding carboxylic acids is 2. The largest absolute Gasteiger partial charge is 0.350 e. The number of aryl methyl sites for hydroxylation is 1. The molecule has 2 aromatic rings. The predicted molar refractivity (Wildman–Crippen MR) is 89.3 cm³/mol. The molecule has 3 rings (SSSR count). The molecule has 23 heavy (non-hydrogen) atoms. The summed E-state index contributed by atoms with van der Waals surface area (Å²) in [6, 6.07) is 12.3. The molecule has 0 fully saturated rings. The Balaban J connectivity index is 1.77. The third-order valence-electron chi connectivity index (χ3n) is 4.10. The number of fused-ring (bicyclic) bond motifs is 1. The molecule has 1 N–H and O–H groups in total. The molecule has 1 unspecified atom stereocenters. The van der Waals surface area contributed by atoms with Gasteiger partial charge < -0.3 is 10.2 Å². The minimum Gasteiger partial charge on any atom is -0.350 e. The highest BCUT2D eigenvalue weighted by molar-refractivity contribution is 6.31. The van der Waals surface area contributed by atoms with Crippen LogP contribution in [0.3, 0.4) is 0 Å². The topological polar surface area (TPSA) is 49.4 Å². The maximum absolute atomic E-state index is 12.6. The minimum atomic E-state index is -0.595. The van der Waals surface area contributed by atoms with Crippen LogP contribution in [0, 0.1) is 6.92 Å². The fourth-order valence-corrected chi connectivity index (χ4v) is 3.14. The van der Waals surface area contributed by atoms with Crippen LogP contribution in [0.15, 0.2) is 42.5 Å². The number of benzene rings is 2. The van der Waals surface area contributed by atoms with Gasteiger partial charge in [0.15, 0.2) is 0 Å². The van der Waals surface area contributed by atoms with Gasteiger partial charge in [-0.05, 0) is 35.7 Å². The first-order valence-corrected chi connectivity index (χ1v) is 7.75. The summed E-state index contributed by atoms with van der Waals surface area (Å²) < 4.78 is 0. The summed E-state index contributed by atoms with van der Waals surface area (Å²) in [6.45, 7) is 2.29. The van der Waals surface area contributed by atoms with Crippen molar-refractivity contribution in [2.75, 3.05) is 7.05 Å². The van der Waals surface area contributed by atoms with E-state index in [1.54, 1.807) is 19.2 Å². The Morgan fingerprint density at radius 3 is 2.74 bits per heavy atom. The molecular formula is C18H17ClN2O2. The van der Waals surface area contributed by atoms with Crippen LogP contribution in [-0.4, -0.2) is 23.8 Å². The Kier molecular flexibility index (Phi) is 4.09. The maximum atomic E-state index is 12.6. The van der Waals surface area contributed by atoms with Crippen molar-refractivity contribution >= 4 is 23.4 Å². The molecule has 1 aliphatic heterocycles. The van der Waals surface area contributed by atoms with E-state index in [0.717, 1.165) is 16.7 Å². The van der Waals surface area contributed by atoms with E-state index >= 15 is 0 Å². The summed E-state index contributed by atoms with van der Waals surface area (Å²) in [6.07, 6.45) is 0. The molecule has 1 atom stereocenters. The molecule has 0 aromatic heterocycles. The van der Waals surface area contributed by atoms with Gasteiger partial charge in [-0.3, -0.25) is 9.59 Å². The fraction of sp³-hybridized carbons (Fsp3) is 0.222. The molecule has 1 heterocycles. The highest BCUT2D eigenvalue weighted by Crippen LogP contribution is 2.32. The summed E-state index contributed by atoms with van der Waals surface area (Å²) in [5.41, 5.74) is 3.25. The lowest BCUT2D eigenvalue weighted by Gasteiger charge is -2.20. The number of nitrogens with one attached hydrogen (secondary N) is 1. The quantitative estimate of drug-likeness (QED) is 0.941. The van der Waals surface area contributed by atoms with Gasteiger partial charge in [0.05, 0.1) is 0 Å². The molecule has 0 bridgehead atoms. The van der Waals surface area contributed by atoms with Gasteiger partial charge in [-0.1, -0.05) is 41.9 Å². The maximum Gasteiger partial charge on any atom is 0.254 e. The van der Waals surface area contributed by atoms with Gasteiger partial charge in [0, 0.05) is 24.2 Å². The second kappa shape index (κ2) is 6.05. The smallest absolute Gasteiger partial charge is 0.254 e. The zero-order valence-electron chi connectivity index (χ0n) is 13.0. The van der Waals surface area contributed by atoms with E-state index in [1.807, 2.05) is 37.3 Å². The lowest BCUT2D eigenvalue weighted by Crippen LogP contribution is -2.36. The SMILES string of the molecule is Cc1ccc(CNC(=O)C2c3ccccc3C(=O)N2C)c(Cl)c1. The monoisotopic (exact) mass is 328 g/mol. The van der Waals surface area contributed by atoms with E-state index in [0.29, 0.717) is 17.1 Å². The second-order valence-corrected chi connectivity index (χ2v) is 6.13. The lowest BCUT2D eigenvalue weighted by atomic mass is 10.0. The molecule has 0 saturated carbocycles. The van der Waals surface area contributed by atoms with Crippen LogP contribution in [-0.2, 0) is 11.3 Å². The van der Waals surface area contributed by atoms with Gasteiger partial charge in [-0.15, -0.1) is 0 Å². The van der Waals surface area contributed by atoms with E-state index in [1.165, 1.54) is 4.90 Å². The molecular weight excluding hydrogens is 312 g/mol. The van der Waals surface area contributed by atoms with Crippen LogP contribution >= 0.6 is 11.6 Å². The van der Waals surface area contributed by atoms with Crippen molar-refractivity contribution in [1.29, 1.82) is 0 Å². The van der Waals surface area contributed by atoms with Crippen LogP contribution in [0.5, 0.6) is 0 Å². The zero-order valence-corrected chi connectivity index (χ0v) is 13.7. The summed E-state index contributed by atoms with van der Waals surface area (Å²) in [5, 5.41) is 3.50. The highest BCUT2D eigenvalue weighted by atomic mass is 35.5.